The van der Waals surface area contributed by atoms with Crippen LogP contribution in [0.5, 0.6) is 0 Å². The Bertz CT molecular complexity index is 513. The molecule has 2 amide bonds. The zero-order valence-electron chi connectivity index (χ0n) is 12.0. The van der Waals surface area contributed by atoms with Gasteiger partial charge < -0.3 is 15.3 Å². The Labute approximate surface area is 128 Å². The highest BCUT2D eigenvalue weighted by Gasteiger charge is 2.26. The summed E-state index contributed by atoms with van der Waals surface area (Å²) in [6.07, 6.45) is 1.04. The molecule has 1 aromatic rings. The normalized spacial score (nSPS) is 15.8. The molecule has 5 nitrogen and oxygen atoms in total. The molecule has 1 aliphatic rings. The number of piperidine rings is 1. The summed E-state index contributed by atoms with van der Waals surface area (Å²) in [6, 6.07) is 7.60. The van der Waals surface area contributed by atoms with Crippen molar-refractivity contribution in [3.63, 3.8) is 0 Å². The van der Waals surface area contributed by atoms with Crippen molar-refractivity contribution in [3.8, 4) is 0 Å². The summed E-state index contributed by atoms with van der Waals surface area (Å²) < 4.78 is 0. The van der Waals surface area contributed by atoms with E-state index in [2.05, 4.69) is 12.2 Å². The lowest BCUT2D eigenvalue weighted by Gasteiger charge is -2.30. The van der Waals surface area contributed by atoms with Gasteiger partial charge >= 0.3 is 12.0 Å². The van der Waals surface area contributed by atoms with Gasteiger partial charge in [-0.3, -0.25) is 4.79 Å². The number of carbonyl (C=O) groups excluding carboxylic acids is 1. The highest BCUT2D eigenvalue weighted by Crippen LogP contribution is 2.22. The minimum atomic E-state index is -0.764. The lowest BCUT2D eigenvalue weighted by atomic mass is 9.97. The monoisotopic (exact) mass is 308 g/mol. The minimum Gasteiger partial charge on any atom is -0.481 e. The molecule has 1 fully saturated rings. The van der Waals surface area contributed by atoms with Crippen LogP contribution in [0.1, 0.15) is 19.8 Å². The number of anilines is 1. The lowest BCUT2D eigenvalue weighted by Crippen LogP contribution is -2.42. The number of rotatable bonds is 4. The van der Waals surface area contributed by atoms with Crippen molar-refractivity contribution in [3.05, 3.63) is 24.3 Å². The maximum Gasteiger partial charge on any atom is 0.321 e. The first-order chi connectivity index (χ1) is 10.1. The fourth-order valence-electron chi connectivity index (χ4n) is 2.36. The van der Waals surface area contributed by atoms with Crippen LogP contribution in [-0.2, 0) is 4.79 Å². The molecule has 21 heavy (non-hydrogen) atoms. The number of aliphatic carboxylic acids is 1. The van der Waals surface area contributed by atoms with E-state index in [4.69, 9.17) is 5.11 Å². The summed E-state index contributed by atoms with van der Waals surface area (Å²) in [4.78, 5) is 25.9. The Kier molecular flexibility index (Phi) is 5.50. The number of benzene rings is 1. The Hall–Kier alpha value is -1.69. The highest BCUT2D eigenvalue weighted by molar-refractivity contribution is 7.99. The summed E-state index contributed by atoms with van der Waals surface area (Å²) in [7, 11) is 0. The number of urea groups is 1. The number of carboxylic acids is 1. The molecule has 0 atom stereocenters. The van der Waals surface area contributed by atoms with Crippen LogP contribution < -0.4 is 5.32 Å². The molecule has 114 valence electrons. The van der Waals surface area contributed by atoms with E-state index in [0.717, 1.165) is 16.3 Å². The van der Waals surface area contributed by atoms with Crippen LogP contribution in [0.2, 0.25) is 0 Å². The molecule has 1 saturated heterocycles. The Balaban J connectivity index is 1.90. The van der Waals surface area contributed by atoms with E-state index in [1.165, 1.54) is 0 Å². The molecule has 0 aliphatic carbocycles. The molecule has 2 rings (SSSR count). The zero-order chi connectivity index (χ0) is 15.2. The van der Waals surface area contributed by atoms with Crippen molar-refractivity contribution in [1.82, 2.24) is 4.90 Å². The number of hydrogen-bond acceptors (Lipinski definition) is 3. The number of hydrogen-bond donors (Lipinski definition) is 2. The van der Waals surface area contributed by atoms with Gasteiger partial charge in [0.15, 0.2) is 0 Å². The average molecular weight is 308 g/mol. The van der Waals surface area contributed by atoms with Gasteiger partial charge in [0.1, 0.15) is 0 Å². The van der Waals surface area contributed by atoms with Crippen LogP contribution in [0.25, 0.3) is 0 Å². The Morgan fingerprint density at radius 3 is 2.71 bits per heavy atom. The topological polar surface area (TPSA) is 69.6 Å². The largest absolute Gasteiger partial charge is 0.481 e. The second-order valence-corrected chi connectivity index (χ2v) is 6.33. The van der Waals surface area contributed by atoms with E-state index in [1.807, 2.05) is 24.3 Å². The van der Waals surface area contributed by atoms with Gasteiger partial charge in [0.2, 0.25) is 0 Å². The van der Waals surface area contributed by atoms with Gasteiger partial charge in [-0.2, -0.15) is 0 Å². The molecule has 1 heterocycles. The van der Waals surface area contributed by atoms with Gasteiger partial charge in [-0.15, -0.1) is 11.8 Å². The molecule has 0 bridgehead atoms. The third-order valence-corrected chi connectivity index (χ3v) is 4.40. The van der Waals surface area contributed by atoms with E-state index in [9.17, 15) is 9.59 Å². The maximum absolute atomic E-state index is 12.2. The number of likely N-dealkylation sites (tertiary alicyclic amines) is 1. The molecule has 6 heteroatoms. The summed E-state index contributed by atoms with van der Waals surface area (Å²) in [5.41, 5.74) is 0.777. The average Bonchev–Trinajstić information content (AvgIpc) is 2.48. The van der Waals surface area contributed by atoms with Crippen LogP contribution in [-0.4, -0.2) is 40.8 Å². The van der Waals surface area contributed by atoms with Gasteiger partial charge in [0, 0.05) is 23.7 Å². The van der Waals surface area contributed by atoms with Crippen LogP contribution in [0.4, 0.5) is 10.5 Å². The molecule has 0 unspecified atom stereocenters. The summed E-state index contributed by atoms with van der Waals surface area (Å²) in [5.74, 6) is -0.0993. The van der Waals surface area contributed by atoms with Crippen molar-refractivity contribution in [2.24, 2.45) is 5.92 Å². The van der Waals surface area contributed by atoms with Crippen molar-refractivity contribution < 1.29 is 14.7 Å². The Morgan fingerprint density at radius 1 is 1.38 bits per heavy atom. The second-order valence-electron chi connectivity index (χ2n) is 4.99. The van der Waals surface area contributed by atoms with Gasteiger partial charge in [-0.1, -0.05) is 13.0 Å². The molecule has 0 aromatic heterocycles. The molecule has 0 spiro atoms. The standard InChI is InChI=1S/C15H20N2O3S/c1-2-21-13-5-3-4-12(10-13)16-15(20)17-8-6-11(7-9-17)14(18)19/h3-5,10-11H,2,6-9H2,1H3,(H,16,20)(H,18,19). The van der Waals surface area contributed by atoms with Crippen LogP contribution in [0, 0.1) is 5.92 Å². The van der Waals surface area contributed by atoms with Crippen LogP contribution >= 0.6 is 11.8 Å². The number of amides is 2. The third-order valence-electron chi connectivity index (χ3n) is 3.53. The van der Waals surface area contributed by atoms with E-state index in [-0.39, 0.29) is 11.9 Å². The molecular weight excluding hydrogens is 288 g/mol. The lowest BCUT2D eigenvalue weighted by molar-refractivity contribution is -0.143. The van der Waals surface area contributed by atoms with E-state index in [0.29, 0.717) is 25.9 Å². The summed E-state index contributed by atoms with van der Waals surface area (Å²) in [6.45, 7) is 3.07. The number of carbonyl (C=O) groups is 2. The molecule has 1 aromatic carbocycles. The second kappa shape index (κ2) is 7.36. The first kappa shape index (κ1) is 15.7. The van der Waals surface area contributed by atoms with Gasteiger partial charge in [-0.05, 0) is 36.8 Å². The minimum absolute atomic E-state index is 0.155. The first-order valence-corrected chi connectivity index (χ1v) is 8.10. The fraction of sp³-hybridized carbons (Fsp3) is 0.467. The quantitative estimate of drug-likeness (QED) is 0.838. The third kappa shape index (κ3) is 4.39. The smallest absolute Gasteiger partial charge is 0.321 e. The van der Waals surface area contributed by atoms with E-state index in [1.54, 1.807) is 16.7 Å². The number of nitrogens with zero attached hydrogens (tertiary/aromatic N) is 1. The maximum atomic E-state index is 12.2. The molecule has 0 saturated carbocycles. The molecular formula is C15H20N2O3S. The van der Waals surface area contributed by atoms with Gasteiger partial charge in [0.05, 0.1) is 5.92 Å². The fourth-order valence-corrected chi connectivity index (χ4v) is 3.08. The zero-order valence-corrected chi connectivity index (χ0v) is 12.9. The Morgan fingerprint density at radius 2 is 2.10 bits per heavy atom. The number of nitrogens with one attached hydrogen (secondary N) is 1. The predicted molar refractivity (Wildman–Crippen MR) is 83.8 cm³/mol. The highest BCUT2D eigenvalue weighted by atomic mass is 32.2. The van der Waals surface area contributed by atoms with E-state index >= 15 is 0 Å². The van der Waals surface area contributed by atoms with Gasteiger partial charge in [0.25, 0.3) is 0 Å². The van der Waals surface area contributed by atoms with Crippen molar-refractivity contribution >= 4 is 29.4 Å². The first-order valence-electron chi connectivity index (χ1n) is 7.11. The number of thioether (sulfide) groups is 1. The van der Waals surface area contributed by atoms with Crippen molar-refractivity contribution in [2.75, 3.05) is 24.2 Å². The van der Waals surface area contributed by atoms with E-state index < -0.39 is 5.97 Å². The van der Waals surface area contributed by atoms with Gasteiger partial charge in [-0.25, -0.2) is 4.79 Å². The van der Waals surface area contributed by atoms with Crippen LogP contribution in [0.3, 0.4) is 0 Å². The summed E-state index contributed by atoms with van der Waals surface area (Å²) in [5, 5.41) is 11.8. The summed E-state index contributed by atoms with van der Waals surface area (Å²) >= 11 is 1.73. The number of carboxylic acid groups (broad SMARTS) is 1. The predicted octanol–water partition coefficient (Wildman–Crippen LogP) is 3.13. The SMILES string of the molecule is CCSc1cccc(NC(=O)N2CCC(C(=O)O)CC2)c1. The molecule has 2 N–H and O–H groups in total. The molecule has 0 radical (unpaired) electrons. The van der Waals surface area contributed by atoms with Crippen molar-refractivity contribution in [1.29, 1.82) is 0 Å². The molecule has 1 aliphatic heterocycles. The van der Waals surface area contributed by atoms with Crippen molar-refractivity contribution in [2.45, 2.75) is 24.7 Å². The van der Waals surface area contributed by atoms with Crippen LogP contribution in [0.15, 0.2) is 29.2 Å².